The summed E-state index contributed by atoms with van der Waals surface area (Å²) in [5.41, 5.74) is 1.61. The van der Waals surface area contributed by atoms with Crippen LogP contribution in [0.3, 0.4) is 0 Å². The summed E-state index contributed by atoms with van der Waals surface area (Å²) in [5, 5.41) is 12.7. The number of hydrogen-bond donors (Lipinski definition) is 2. The number of nitrogens with zero attached hydrogens (tertiary/aromatic N) is 3. The molecule has 1 aliphatic heterocycles. The SMILES string of the molecule is CCc1nc(N[C@@H]2C(C)N(C(=O)O)C[C@@H]2OCCF)c(CC)nc1Br. The number of likely N-dealkylation sites (tertiary alicyclic amines) is 1. The maximum absolute atomic E-state index is 12.5. The van der Waals surface area contributed by atoms with Crippen LogP contribution in [0.2, 0.25) is 0 Å². The van der Waals surface area contributed by atoms with E-state index in [0.717, 1.165) is 17.8 Å². The number of ether oxygens (including phenoxy) is 1. The smallest absolute Gasteiger partial charge is 0.407 e. The first-order valence-corrected chi connectivity index (χ1v) is 9.21. The topological polar surface area (TPSA) is 87.6 Å². The normalized spacial score (nSPS) is 23.1. The minimum absolute atomic E-state index is 0.0596. The predicted octanol–water partition coefficient (Wildman–Crippen LogP) is 2.88. The zero-order chi connectivity index (χ0) is 18.6. The van der Waals surface area contributed by atoms with Crippen molar-refractivity contribution in [2.45, 2.75) is 51.8 Å². The average molecular weight is 419 g/mol. The Morgan fingerprint density at radius 2 is 2.08 bits per heavy atom. The first-order valence-electron chi connectivity index (χ1n) is 8.41. The van der Waals surface area contributed by atoms with Crippen molar-refractivity contribution in [3.63, 3.8) is 0 Å². The Morgan fingerprint density at radius 3 is 2.64 bits per heavy atom. The van der Waals surface area contributed by atoms with E-state index in [9.17, 15) is 14.3 Å². The fraction of sp³-hybridized carbons (Fsp3) is 0.688. The molecule has 2 N–H and O–H groups in total. The Kier molecular flexibility index (Phi) is 6.95. The van der Waals surface area contributed by atoms with Crippen LogP contribution in [0.25, 0.3) is 0 Å². The lowest BCUT2D eigenvalue weighted by molar-refractivity contribution is 0.0450. The lowest BCUT2D eigenvalue weighted by Gasteiger charge is -2.26. The van der Waals surface area contributed by atoms with E-state index in [0.29, 0.717) is 16.8 Å². The molecule has 0 spiro atoms. The molecule has 0 bridgehead atoms. The van der Waals surface area contributed by atoms with Gasteiger partial charge in [0, 0.05) is 0 Å². The number of alkyl halides is 1. The highest BCUT2D eigenvalue weighted by Crippen LogP contribution is 2.27. The van der Waals surface area contributed by atoms with Crippen LogP contribution in [0, 0.1) is 0 Å². The van der Waals surface area contributed by atoms with Crippen LogP contribution < -0.4 is 5.32 Å². The van der Waals surface area contributed by atoms with Gasteiger partial charge in [-0.3, -0.25) is 0 Å². The molecule has 0 saturated carbocycles. The summed E-state index contributed by atoms with van der Waals surface area (Å²) in [5.74, 6) is 0.625. The number of aromatic nitrogens is 2. The van der Waals surface area contributed by atoms with Gasteiger partial charge in [-0.25, -0.2) is 19.2 Å². The highest BCUT2D eigenvalue weighted by Gasteiger charge is 2.42. The molecule has 2 heterocycles. The van der Waals surface area contributed by atoms with Gasteiger partial charge in [-0.05, 0) is 35.7 Å². The van der Waals surface area contributed by atoms with Gasteiger partial charge in [0.2, 0.25) is 0 Å². The molecule has 2 rings (SSSR count). The minimum Gasteiger partial charge on any atom is -0.465 e. The molecule has 7 nitrogen and oxygen atoms in total. The Bertz CT molecular complexity index is 619. The predicted molar refractivity (Wildman–Crippen MR) is 95.8 cm³/mol. The minimum atomic E-state index is -1.02. The highest BCUT2D eigenvalue weighted by atomic mass is 79.9. The third-order valence-electron chi connectivity index (χ3n) is 4.41. The largest absolute Gasteiger partial charge is 0.465 e. The first kappa shape index (κ1) is 19.8. The quantitative estimate of drug-likeness (QED) is 0.707. The third kappa shape index (κ3) is 4.38. The molecular formula is C16H24BrFN4O3. The van der Waals surface area contributed by atoms with E-state index in [1.165, 1.54) is 4.90 Å². The summed E-state index contributed by atoms with van der Waals surface area (Å²) < 4.78 is 18.8. The fourth-order valence-corrected chi connectivity index (χ4v) is 3.61. The van der Waals surface area contributed by atoms with Crippen molar-refractivity contribution >= 4 is 27.8 Å². The number of anilines is 1. The standard InChI is InChI=1S/C16H24BrFN4O3/c1-4-10-14(17)19-11(5-2)15(20-10)21-13-9(3)22(16(23)24)8-12(13)25-7-6-18/h9,12-13H,4-8H2,1-3H3,(H,20,21)(H,23,24)/t9?,12-,13+/m0/s1. The van der Waals surface area contributed by atoms with Gasteiger partial charge in [0.15, 0.2) is 0 Å². The fourth-order valence-electron chi connectivity index (χ4n) is 3.02. The lowest BCUT2D eigenvalue weighted by Crippen LogP contribution is -2.42. The van der Waals surface area contributed by atoms with Gasteiger partial charge in [0.05, 0.1) is 42.7 Å². The van der Waals surface area contributed by atoms with E-state index in [2.05, 4.69) is 31.2 Å². The molecule has 1 aromatic heterocycles. The number of nitrogens with one attached hydrogen (secondary N) is 1. The molecule has 1 aliphatic rings. The summed E-state index contributed by atoms with van der Waals surface area (Å²) in [6.07, 6.45) is -0.0627. The van der Waals surface area contributed by atoms with Crippen molar-refractivity contribution in [2.24, 2.45) is 0 Å². The lowest BCUT2D eigenvalue weighted by atomic mass is 10.1. The summed E-state index contributed by atoms with van der Waals surface area (Å²) in [7, 11) is 0. The number of halogens is 2. The summed E-state index contributed by atoms with van der Waals surface area (Å²) in [4.78, 5) is 21.9. The monoisotopic (exact) mass is 418 g/mol. The Hall–Kier alpha value is -1.48. The second-order valence-electron chi connectivity index (χ2n) is 5.91. The zero-order valence-electron chi connectivity index (χ0n) is 14.6. The molecule has 0 aromatic carbocycles. The summed E-state index contributed by atoms with van der Waals surface area (Å²) in [6, 6.07) is -0.657. The number of carboxylic acid groups (broad SMARTS) is 1. The van der Waals surface area contributed by atoms with Gasteiger partial charge in [-0.15, -0.1) is 0 Å². The van der Waals surface area contributed by atoms with Gasteiger partial charge in [0.25, 0.3) is 0 Å². The number of hydrogen-bond acceptors (Lipinski definition) is 5. The van der Waals surface area contributed by atoms with Crippen molar-refractivity contribution in [2.75, 3.05) is 25.1 Å². The van der Waals surface area contributed by atoms with E-state index >= 15 is 0 Å². The molecule has 0 radical (unpaired) electrons. The summed E-state index contributed by atoms with van der Waals surface area (Å²) >= 11 is 3.43. The van der Waals surface area contributed by atoms with Gasteiger partial charge >= 0.3 is 6.09 Å². The van der Waals surface area contributed by atoms with Crippen molar-refractivity contribution < 1.29 is 19.0 Å². The zero-order valence-corrected chi connectivity index (χ0v) is 16.2. The van der Waals surface area contributed by atoms with E-state index in [1.54, 1.807) is 0 Å². The highest BCUT2D eigenvalue weighted by molar-refractivity contribution is 9.10. The molecule has 1 saturated heterocycles. The van der Waals surface area contributed by atoms with Gasteiger partial charge in [0.1, 0.15) is 17.1 Å². The van der Waals surface area contributed by atoms with Gasteiger partial charge in [-0.2, -0.15) is 0 Å². The first-order chi connectivity index (χ1) is 11.9. The maximum atomic E-state index is 12.5. The number of amides is 1. The van der Waals surface area contributed by atoms with E-state index < -0.39 is 18.9 Å². The van der Waals surface area contributed by atoms with E-state index in [1.807, 2.05) is 20.8 Å². The van der Waals surface area contributed by atoms with Crippen LogP contribution in [0.5, 0.6) is 0 Å². The van der Waals surface area contributed by atoms with Gasteiger partial charge < -0.3 is 20.1 Å². The molecule has 1 amide bonds. The number of aryl methyl sites for hydroxylation is 2. The molecule has 25 heavy (non-hydrogen) atoms. The summed E-state index contributed by atoms with van der Waals surface area (Å²) in [6.45, 7) is 5.30. The van der Waals surface area contributed by atoms with Gasteiger partial charge in [-0.1, -0.05) is 13.8 Å². The van der Waals surface area contributed by atoms with Crippen molar-refractivity contribution in [1.29, 1.82) is 0 Å². The van der Waals surface area contributed by atoms with E-state index in [4.69, 9.17) is 4.74 Å². The van der Waals surface area contributed by atoms with E-state index in [-0.39, 0.29) is 25.2 Å². The van der Waals surface area contributed by atoms with Crippen molar-refractivity contribution in [3.05, 3.63) is 16.0 Å². The van der Waals surface area contributed by atoms with Crippen molar-refractivity contribution in [1.82, 2.24) is 14.9 Å². The second-order valence-corrected chi connectivity index (χ2v) is 6.66. The molecule has 1 fully saturated rings. The Balaban J connectivity index is 2.30. The maximum Gasteiger partial charge on any atom is 0.407 e. The molecule has 1 aromatic rings. The van der Waals surface area contributed by atoms with Crippen LogP contribution in [-0.4, -0.2) is 64.1 Å². The molecule has 0 aliphatic carbocycles. The molecule has 3 atom stereocenters. The van der Waals surface area contributed by atoms with Crippen LogP contribution in [0.15, 0.2) is 4.60 Å². The van der Waals surface area contributed by atoms with Crippen LogP contribution in [-0.2, 0) is 17.6 Å². The molecule has 140 valence electrons. The molecule has 9 heteroatoms. The number of carbonyl (C=O) groups is 1. The van der Waals surface area contributed by atoms with Crippen LogP contribution >= 0.6 is 15.9 Å². The average Bonchev–Trinajstić information content (AvgIpc) is 2.90. The Morgan fingerprint density at radius 1 is 1.40 bits per heavy atom. The van der Waals surface area contributed by atoms with Crippen LogP contribution in [0.4, 0.5) is 15.0 Å². The van der Waals surface area contributed by atoms with Crippen LogP contribution in [0.1, 0.15) is 32.2 Å². The number of rotatable bonds is 7. The third-order valence-corrected chi connectivity index (χ3v) is 5.04. The molecule has 1 unspecified atom stereocenters. The second kappa shape index (κ2) is 8.75. The molecular weight excluding hydrogens is 395 g/mol. The Labute approximate surface area is 155 Å². The van der Waals surface area contributed by atoms with Crippen molar-refractivity contribution in [3.8, 4) is 0 Å².